The van der Waals surface area contributed by atoms with E-state index in [0.29, 0.717) is 0 Å². The highest BCUT2D eigenvalue weighted by Crippen LogP contribution is 2.14. The molecule has 0 spiro atoms. The van der Waals surface area contributed by atoms with Crippen LogP contribution in [0.3, 0.4) is 0 Å². The number of aliphatic hydroxyl groups excluding tert-OH is 1. The highest BCUT2D eigenvalue weighted by molar-refractivity contribution is 5.94. The van der Waals surface area contributed by atoms with Gasteiger partial charge in [-0.25, -0.2) is 4.79 Å². The maximum atomic E-state index is 11.8. The maximum absolute atomic E-state index is 11.8. The molecule has 0 bridgehead atoms. The summed E-state index contributed by atoms with van der Waals surface area (Å²) in [6, 6.07) is -1.15. The smallest absolute Gasteiger partial charge is 0.341 e. The van der Waals surface area contributed by atoms with Crippen molar-refractivity contribution in [2.75, 3.05) is 6.61 Å². The molecule has 0 heterocycles. The Balaban J connectivity index is 4.83. The van der Waals surface area contributed by atoms with Gasteiger partial charge < -0.3 is 27.0 Å². The Labute approximate surface area is 106 Å². The SMILES string of the molecule is C=CCOC(=O)C(N)(N)C(C)C(=O)C(N)C(C)O. The van der Waals surface area contributed by atoms with E-state index in [4.69, 9.17) is 21.9 Å². The highest BCUT2D eigenvalue weighted by atomic mass is 16.5. The second kappa shape index (κ2) is 6.60. The summed E-state index contributed by atoms with van der Waals surface area (Å²) in [5, 5.41) is 9.23. The Morgan fingerprint density at radius 3 is 2.33 bits per heavy atom. The van der Waals surface area contributed by atoms with Gasteiger partial charge in [-0.05, 0) is 6.92 Å². The number of esters is 1. The summed E-state index contributed by atoms with van der Waals surface area (Å²) in [6.45, 7) is 6.03. The first-order valence-corrected chi connectivity index (χ1v) is 5.49. The molecule has 3 atom stereocenters. The minimum Gasteiger partial charge on any atom is -0.459 e. The summed E-state index contributed by atoms with van der Waals surface area (Å²) in [5.41, 5.74) is 14.7. The molecule has 0 saturated carbocycles. The van der Waals surface area contributed by atoms with Crippen molar-refractivity contribution in [2.45, 2.75) is 31.7 Å². The van der Waals surface area contributed by atoms with Crippen molar-refractivity contribution in [1.29, 1.82) is 0 Å². The fraction of sp³-hybridized carbons (Fsp3) is 0.636. The molecule has 18 heavy (non-hydrogen) atoms. The van der Waals surface area contributed by atoms with Gasteiger partial charge in [0.2, 0.25) is 0 Å². The lowest BCUT2D eigenvalue weighted by Gasteiger charge is -2.30. The van der Waals surface area contributed by atoms with E-state index in [1.165, 1.54) is 19.9 Å². The number of aliphatic hydroxyl groups is 1. The normalized spacial score (nSPS) is 16.6. The van der Waals surface area contributed by atoms with Crippen LogP contribution in [0.1, 0.15) is 13.8 Å². The zero-order chi connectivity index (χ0) is 14.5. The van der Waals surface area contributed by atoms with E-state index in [1.54, 1.807) is 0 Å². The van der Waals surface area contributed by atoms with Crippen molar-refractivity contribution in [3.63, 3.8) is 0 Å². The van der Waals surface area contributed by atoms with Crippen molar-refractivity contribution >= 4 is 11.8 Å². The predicted octanol–water partition coefficient (Wildman–Crippen LogP) is -1.76. The van der Waals surface area contributed by atoms with Gasteiger partial charge in [-0.3, -0.25) is 4.79 Å². The van der Waals surface area contributed by atoms with E-state index in [0.717, 1.165) is 0 Å². The maximum Gasteiger partial charge on any atom is 0.341 e. The third kappa shape index (κ3) is 3.88. The van der Waals surface area contributed by atoms with Crippen LogP contribution in [0.2, 0.25) is 0 Å². The molecule has 0 saturated heterocycles. The summed E-state index contributed by atoms with van der Waals surface area (Å²) >= 11 is 0. The van der Waals surface area contributed by atoms with E-state index < -0.39 is 35.5 Å². The lowest BCUT2D eigenvalue weighted by atomic mass is 9.87. The van der Waals surface area contributed by atoms with Gasteiger partial charge >= 0.3 is 5.97 Å². The van der Waals surface area contributed by atoms with Crippen LogP contribution in [0.5, 0.6) is 0 Å². The summed E-state index contributed by atoms with van der Waals surface area (Å²) in [6.07, 6.45) is 0.294. The predicted molar refractivity (Wildman–Crippen MR) is 66.1 cm³/mol. The first-order chi connectivity index (χ1) is 8.16. The molecule has 0 fully saturated rings. The highest BCUT2D eigenvalue weighted by Gasteiger charge is 2.43. The molecule has 7 heteroatoms. The molecule has 0 aromatic carbocycles. The Morgan fingerprint density at radius 2 is 1.94 bits per heavy atom. The number of rotatable bonds is 7. The van der Waals surface area contributed by atoms with Crippen molar-refractivity contribution < 1.29 is 19.4 Å². The molecule has 0 aromatic rings. The molecule has 0 rings (SSSR count). The Bertz CT molecular complexity index is 328. The molecule has 104 valence electrons. The van der Waals surface area contributed by atoms with Gasteiger partial charge in [0.15, 0.2) is 11.4 Å². The topological polar surface area (TPSA) is 142 Å². The molecule has 0 aliphatic carbocycles. The fourth-order valence-corrected chi connectivity index (χ4v) is 1.20. The second-order valence-electron chi connectivity index (χ2n) is 4.21. The van der Waals surface area contributed by atoms with Crippen LogP contribution in [0, 0.1) is 5.92 Å². The van der Waals surface area contributed by atoms with Gasteiger partial charge in [0.1, 0.15) is 6.61 Å². The number of ether oxygens (including phenoxy) is 1. The van der Waals surface area contributed by atoms with Crippen molar-refractivity contribution in [3.05, 3.63) is 12.7 Å². The van der Waals surface area contributed by atoms with E-state index in [1.807, 2.05) is 0 Å². The summed E-state index contributed by atoms with van der Waals surface area (Å²) < 4.78 is 4.70. The number of carbonyl (C=O) groups is 2. The van der Waals surface area contributed by atoms with Crippen molar-refractivity contribution in [2.24, 2.45) is 23.1 Å². The zero-order valence-electron chi connectivity index (χ0n) is 10.6. The lowest BCUT2D eigenvalue weighted by Crippen LogP contribution is -2.65. The molecular formula is C11H21N3O4. The quantitative estimate of drug-likeness (QED) is 0.241. The van der Waals surface area contributed by atoms with E-state index in [-0.39, 0.29) is 6.61 Å². The van der Waals surface area contributed by atoms with Crippen LogP contribution in [0.4, 0.5) is 0 Å². The zero-order valence-corrected chi connectivity index (χ0v) is 10.6. The van der Waals surface area contributed by atoms with Gasteiger partial charge in [0.25, 0.3) is 0 Å². The van der Waals surface area contributed by atoms with E-state index in [9.17, 15) is 14.7 Å². The standard InChI is InChI=1S/C11H21N3O4/c1-4-5-18-10(17)11(13,14)6(2)9(16)8(12)7(3)15/h4,6-8,15H,1,5,12-14H2,2-3H3. The van der Waals surface area contributed by atoms with Gasteiger partial charge in [-0.1, -0.05) is 19.6 Å². The first kappa shape index (κ1) is 16.7. The molecule has 3 unspecified atom stereocenters. The molecule has 7 nitrogen and oxygen atoms in total. The van der Waals surface area contributed by atoms with Gasteiger partial charge in [0.05, 0.1) is 18.1 Å². The van der Waals surface area contributed by atoms with Crippen molar-refractivity contribution in [3.8, 4) is 0 Å². The number of ketones is 1. The van der Waals surface area contributed by atoms with E-state index in [2.05, 4.69) is 6.58 Å². The number of Topliss-reactive ketones (excluding diaryl/α,β-unsaturated/α-hetero) is 1. The summed E-state index contributed by atoms with van der Waals surface area (Å²) in [4.78, 5) is 23.4. The van der Waals surface area contributed by atoms with Gasteiger partial charge in [-0.15, -0.1) is 0 Å². The Morgan fingerprint density at radius 1 is 1.44 bits per heavy atom. The molecule has 0 aliphatic rings. The monoisotopic (exact) mass is 259 g/mol. The van der Waals surface area contributed by atoms with E-state index >= 15 is 0 Å². The van der Waals surface area contributed by atoms with Gasteiger partial charge in [-0.2, -0.15) is 0 Å². The van der Waals surface area contributed by atoms with Crippen LogP contribution in [0.15, 0.2) is 12.7 Å². The minimum atomic E-state index is -1.99. The van der Waals surface area contributed by atoms with Crippen LogP contribution in [-0.4, -0.2) is 41.3 Å². The number of hydrogen-bond acceptors (Lipinski definition) is 7. The van der Waals surface area contributed by atoms with Crippen LogP contribution < -0.4 is 17.2 Å². The third-order valence-corrected chi connectivity index (χ3v) is 2.68. The first-order valence-electron chi connectivity index (χ1n) is 5.49. The molecule has 0 radical (unpaired) electrons. The largest absolute Gasteiger partial charge is 0.459 e. The summed E-state index contributed by atoms with van der Waals surface area (Å²) in [5.74, 6) is -2.62. The third-order valence-electron chi connectivity index (χ3n) is 2.68. The molecular weight excluding hydrogens is 238 g/mol. The Hall–Kier alpha value is -1.28. The Kier molecular flexibility index (Phi) is 6.13. The molecule has 0 aliphatic heterocycles. The van der Waals surface area contributed by atoms with Crippen LogP contribution in [0.25, 0.3) is 0 Å². The van der Waals surface area contributed by atoms with Gasteiger partial charge in [0, 0.05) is 0 Å². The average molecular weight is 259 g/mol. The molecule has 0 amide bonds. The fourth-order valence-electron chi connectivity index (χ4n) is 1.20. The van der Waals surface area contributed by atoms with Crippen LogP contribution >= 0.6 is 0 Å². The molecule has 0 aromatic heterocycles. The number of carbonyl (C=O) groups excluding carboxylic acids is 2. The minimum absolute atomic E-state index is 0.0572. The average Bonchev–Trinajstić information content (AvgIpc) is 2.32. The van der Waals surface area contributed by atoms with Crippen molar-refractivity contribution in [1.82, 2.24) is 0 Å². The number of nitrogens with two attached hydrogens (primary N) is 3. The lowest BCUT2D eigenvalue weighted by molar-refractivity contribution is -0.153. The second-order valence-corrected chi connectivity index (χ2v) is 4.21. The number of hydrogen-bond donors (Lipinski definition) is 4. The van der Waals surface area contributed by atoms with Crippen LogP contribution in [-0.2, 0) is 14.3 Å². The summed E-state index contributed by atoms with van der Waals surface area (Å²) in [7, 11) is 0. The molecule has 7 N–H and O–H groups in total.